The van der Waals surface area contributed by atoms with E-state index in [4.69, 9.17) is 18.6 Å². The molecule has 1 aromatic heterocycles. The average molecular weight is 489 g/mol. The molecule has 1 fully saturated rings. The summed E-state index contributed by atoms with van der Waals surface area (Å²) in [6.07, 6.45) is 0. The Balaban J connectivity index is 1.55. The van der Waals surface area contributed by atoms with Crippen LogP contribution in [0.15, 0.2) is 51.4 Å². The van der Waals surface area contributed by atoms with E-state index in [9.17, 15) is 4.79 Å². The first-order valence-corrected chi connectivity index (χ1v) is 10.9. The number of furan rings is 1. The first-order valence-electron chi connectivity index (χ1n) is 10.1. The number of carbonyl (C=O) groups excluding carboxylic acids is 1. The van der Waals surface area contributed by atoms with Crippen molar-refractivity contribution < 1.29 is 23.4 Å². The Morgan fingerprint density at radius 2 is 1.90 bits per heavy atom. The summed E-state index contributed by atoms with van der Waals surface area (Å²) in [4.78, 5) is 15.2. The number of nitrogens with zero attached hydrogens (tertiary/aromatic N) is 1. The Kier molecular flexibility index (Phi) is 6.80. The predicted octanol–water partition coefficient (Wildman–Crippen LogP) is 4.02. The number of morpholine rings is 1. The molecule has 0 radical (unpaired) electrons. The van der Waals surface area contributed by atoms with Gasteiger partial charge in [-0.05, 0) is 45.8 Å². The Labute approximate surface area is 189 Å². The van der Waals surface area contributed by atoms with Crippen LogP contribution in [-0.4, -0.2) is 57.9 Å². The lowest BCUT2D eigenvalue weighted by Crippen LogP contribution is -2.43. The number of nitrogens with one attached hydrogen (secondary N) is 1. The maximum Gasteiger partial charge on any atom is 0.287 e. The minimum atomic E-state index is -0.248. The number of rotatable bonds is 7. The van der Waals surface area contributed by atoms with Crippen molar-refractivity contribution in [3.63, 3.8) is 0 Å². The quantitative estimate of drug-likeness (QED) is 0.541. The van der Waals surface area contributed by atoms with Crippen LogP contribution in [0.1, 0.15) is 22.2 Å². The third-order valence-electron chi connectivity index (χ3n) is 5.45. The van der Waals surface area contributed by atoms with Crippen molar-refractivity contribution in [2.24, 2.45) is 0 Å². The summed E-state index contributed by atoms with van der Waals surface area (Å²) in [5.41, 5.74) is 1.70. The van der Waals surface area contributed by atoms with Crippen LogP contribution in [0.5, 0.6) is 11.5 Å². The first kappa shape index (κ1) is 21.7. The Morgan fingerprint density at radius 3 is 2.61 bits per heavy atom. The largest absolute Gasteiger partial charge is 0.493 e. The van der Waals surface area contributed by atoms with Gasteiger partial charge in [-0.15, -0.1) is 0 Å². The normalized spacial score (nSPS) is 15.6. The molecule has 1 aliphatic heterocycles. The summed E-state index contributed by atoms with van der Waals surface area (Å²) >= 11 is 3.46. The zero-order valence-electron chi connectivity index (χ0n) is 17.5. The van der Waals surface area contributed by atoms with Crippen molar-refractivity contribution in [1.82, 2.24) is 10.2 Å². The third-order valence-corrected chi connectivity index (χ3v) is 6.08. The minimum absolute atomic E-state index is 0.0382. The number of para-hydroxylation sites is 1. The van der Waals surface area contributed by atoms with Gasteiger partial charge in [-0.1, -0.05) is 18.2 Å². The van der Waals surface area contributed by atoms with Gasteiger partial charge in [0, 0.05) is 25.0 Å². The summed E-state index contributed by atoms with van der Waals surface area (Å²) in [5, 5.41) is 3.92. The van der Waals surface area contributed by atoms with E-state index in [0.717, 1.165) is 28.5 Å². The number of halogens is 1. The summed E-state index contributed by atoms with van der Waals surface area (Å²) in [6, 6.07) is 13.3. The lowest BCUT2D eigenvalue weighted by molar-refractivity contribution is 0.0161. The second kappa shape index (κ2) is 9.72. The van der Waals surface area contributed by atoms with Crippen molar-refractivity contribution >= 4 is 32.8 Å². The summed E-state index contributed by atoms with van der Waals surface area (Å²) in [5.74, 6) is 1.37. The molecule has 1 amide bonds. The van der Waals surface area contributed by atoms with Gasteiger partial charge in [0.15, 0.2) is 17.3 Å². The summed E-state index contributed by atoms with van der Waals surface area (Å²) in [6.45, 7) is 3.32. The van der Waals surface area contributed by atoms with E-state index in [1.807, 2.05) is 36.4 Å². The van der Waals surface area contributed by atoms with Gasteiger partial charge in [0.2, 0.25) is 0 Å². The van der Waals surface area contributed by atoms with Crippen molar-refractivity contribution in [2.75, 3.05) is 47.1 Å². The van der Waals surface area contributed by atoms with Crippen LogP contribution < -0.4 is 14.8 Å². The lowest BCUT2D eigenvalue weighted by atomic mass is 10.0. The number of hydrogen-bond donors (Lipinski definition) is 1. The SMILES string of the molecule is COc1ccc(C(CNC(=O)c2cc3cccc(Br)c3o2)N2CCOCC2)cc1OC. The van der Waals surface area contributed by atoms with Gasteiger partial charge < -0.3 is 23.9 Å². The number of benzene rings is 2. The zero-order valence-corrected chi connectivity index (χ0v) is 19.1. The molecule has 0 saturated carbocycles. The molecule has 7 nitrogen and oxygen atoms in total. The Bertz CT molecular complexity index is 1060. The molecule has 1 aliphatic rings. The standard InChI is InChI=1S/C23H25BrN2O5/c1-28-19-7-6-15(12-20(19)29-2)18(26-8-10-30-11-9-26)14-25-23(27)21-13-16-4-3-5-17(24)22(16)31-21/h3-7,12-13,18H,8-11,14H2,1-2H3,(H,25,27). The van der Waals surface area contributed by atoms with E-state index in [0.29, 0.717) is 36.8 Å². The van der Waals surface area contributed by atoms with Crippen LogP contribution in [0.25, 0.3) is 11.0 Å². The minimum Gasteiger partial charge on any atom is -0.493 e. The van der Waals surface area contributed by atoms with Crippen molar-refractivity contribution in [2.45, 2.75) is 6.04 Å². The van der Waals surface area contributed by atoms with E-state index in [1.54, 1.807) is 20.3 Å². The fraction of sp³-hybridized carbons (Fsp3) is 0.348. The van der Waals surface area contributed by atoms with Gasteiger partial charge in [-0.3, -0.25) is 9.69 Å². The van der Waals surface area contributed by atoms with Crippen molar-refractivity contribution in [1.29, 1.82) is 0 Å². The maximum absolute atomic E-state index is 12.9. The number of hydrogen-bond acceptors (Lipinski definition) is 6. The van der Waals surface area contributed by atoms with Crippen LogP contribution in [0.4, 0.5) is 0 Å². The Morgan fingerprint density at radius 1 is 1.13 bits per heavy atom. The van der Waals surface area contributed by atoms with E-state index in [1.165, 1.54) is 0 Å². The molecule has 3 aromatic rings. The lowest BCUT2D eigenvalue weighted by Gasteiger charge is -2.35. The summed E-state index contributed by atoms with van der Waals surface area (Å²) in [7, 11) is 3.23. The van der Waals surface area contributed by atoms with Crippen LogP contribution in [0.2, 0.25) is 0 Å². The van der Waals surface area contributed by atoms with Crippen molar-refractivity contribution in [3.05, 3.63) is 58.3 Å². The number of ether oxygens (including phenoxy) is 3. The first-order chi connectivity index (χ1) is 15.1. The van der Waals surface area contributed by atoms with Crippen LogP contribution in [0, 0.1) is 0 Å². The molecular formula is C23H25BrN2O5. The van der Waals surface area contributed by atoms with Gasteiger partial charge in [0.1, 0.15) is 5.58 Å². The smallest absolute Gasteiger partial charge is 0.287 e. The van der Waals surface area contributed by atoms with Crippen LogP contribution in [0.3, 0.4) is 0 Å². The third kappa shape index (κ3) is 4.71. The zero-order chi connectivity index (χ0) is 21.8. The van der Waals surface area contributed by atoms with Gasteiger partial charge in [-0.2, -0.15) is 0 Å². The fourth-order valence-corrected chi connectivity index (χ4v) is 4.29. The monoisotopic (exact) mass is 488 g/mol. The Hall–Kier alpha value is -2.55. The van der Waals surface area contributed by atoms with Crippen molar-refractivity contribution in [3.8, 4) is 11.5 Å². The predicted molar refractivity (Wildman–Crippen MR) is 121 cm³/mol. The van der Waals surface area contributed by atoms with Gasteiger partial charge in [0.05, 0.1) is 37.9 Å². The molecule has 1 atom stereocenters. The van der Waals surface area contributed by atoms with Crippen LogP contribution in [-0.2, 0) is 4.74 Å². The average Bonchev–Trinajstić information content (AvgIpc) is 3.25. The van der Waals surface area contributed by atoms with Gasteiger partial charge >= 0.3 is 0 Å². The molecular weight excluding hydrogens is 464 g/mol. The van der Waals surface area contributed by atoms with E-state index in [2.05, 4.69) is 26.1 Å². The molecule has 1 saturated heterocycles. The van der Waals surface area contributed by atoms with Gasteiger partial charge in [0.25, 0.3) is 5.91 Å². The highest BCUT2D eigenvalue weighted by Gasteiger charge is 2.25. The number of carbonyl (C=O) groups is 1. The van der Waals surface area contributed by atoms with E-state index >= 15 is 0 Å². The van der Waals surface area contributed by atoms with Gasteiger partial charge in [-0.25, -0.2) is 0 Å². The highest BCUT2D eigenvalue weighted by atomic mass is 79.9. The number of amides is 1. The highest BCUT2D eigenvalue weighted by Crippen LogP contribution is 2.32. The maximum atomic E-state index is 12.9. The second-order valence-corrected chi connectivity index (χ2v) is 8.11. The number of fused-ring (bicyclic) bond motifs is 1. The fourth-order valence-electron chi connectivity index (χ4n) is 3.82. The van der Waals surface area contributed by atoms with Crippen LogP contribution >= 0.6 is 15.9 Å². The molecule has 1 unspecified atom stereocenters. The second-order valence-electron chi connectivity index (χ2n) is 7.26. The molecule has 0 aliphatic carbocycles. The molecule has 8 heteroatoms. The molecule has 31 heavy (non-hydrogen) atoms. The topological polar surface area (TPSA) is 73.2 Å². The highest BCUT2D eigenvalue weighted by molar-refractivity contribution is 9.10. The molecule has 2 aromatic carbocycles. The molecule has 1 N–H and O–H groups in total. The summed E-state index contributed by atoms with van der Waals surface area (Å²) < 4.78 is 23.0. The number of methoxy groups -OCH3 is 2. The molecule has 0 bridgehead atoms. The molecule has 2 heterocycles. The molecule has 0 spiro atoms. The van der Waals surface area contributed by atoms with E-state index in [-0.39, 0.29) is 17.7 Å². The molecule has 164 valence electrons. The van der Waals surface area contributed by atoms with E-state index < -0.39 is 0 Å². The molecule has 4 rings (SSSR count).